The molecule has 0 spiro atoms. The lowest BCUT2D eigenvalue weighted by Gasteiger charge is -2.15. The molecule has 3 nitrogen and oxygen atoms in total. The summed E-state index contributed by atoms with van der Waals surface area (Å²) in [5.74, 6) is 0. The summed E-state index contributed by atoms with van der Waals surface area (Å²) in [5, 5.41) is 20.7. The Bertz CT molecular complexity index is 132. The maximum atomic E-state index is 9.41. The molecule has 0 aliphatic carbocycles. The van der Waals surface area contributed by atoms with Gasteiger partial charge in [-0.3, -0.25) is 0 Å². The van der Waals surface area contributed by atoms with Crippen molar-refractivity contribution in [2.24, 2.45) is 0 Å². The van der Waals surface area contributed by atoms with Crippen molar-refractivity contribution in [2.75, 3.05) is 13.1 Å². The van der Waals surface area contributed by atoms with Crippen molar-refractivity contribution in [1.29, 1.82) is 5.26 Å². The molecule has 0 amide bonds. The number of hydrogen-bond donors (Lipinski definition) is 2. The Morgan fingerprint density at radius 2 is 2.56 bits per heavy atom. The second kappa shape index (κ2) is 2.34. The van der Waals surface area contributed by atoms with Crippen molar-refractivity contribution in [1.82, 2.24) is 5.32 Å². The summed E-state index contributed by atoms with van der Waals surface area (Å²) in [7, 11) is 0. The van der Waals surface area contributed by atoms with Gasteiger partial charge in [0.25, 0.3) is 0 Å². The predicted octanol–water partition coefficient (Wildman–Crippen LogP) is -0.376. The molecule has 1 saturated heterocycles. The van der Waals surface area contributed by atoms with E-state index in [1.165, 1.54) is 0 Å². The maximum absolute atomic E-state index is 9.41. The van der Waals surface area contributed by atoms with Crippen LogP contribution in [0.1, 0.15) is 12.8 Å². The molecule has 1 aliphatic heterocycles. The van der Waals surface area contributed by atoms with Gasteiger partial charge in [-0.15, -0.1) is 0 Å². The minimum Gasteiger partial charge on any atom is -0.387 e. The Morgan fingerprint density at radius 1 is 1.78 bits per heavy atom. The van der Waals surface area contributed by atoms with Crippen LogP contribution in [0, 0.1) is 11.3 Å². The molecule has 1 unspecified atom stereocenters. The first-order valence-corrected chi connectivity index (χ1v) is 3.07. The van der Waals surface area contributed by atoms with Crippen LogP contribution in [0.3, 0.4) is 0 Å². The van der Waals surface area contributed by atoms with Crippen LogP contribution in [-0.4, -0.2) is 23.8 Å². The summed E-state index contributed by atoms with van der Waals surface area (Å²) in [6.45, 7) is 1.40. The lowest BCUT2D eigenvalue weighted by atomic mass is 10.0. The molecule has 9 heavy (non-hydrogen) atoms. The molecule has 1 rings (SSSR count). The third kappa shape index (κ3) is 1.41. The van der Waals surface area contributed by atoms with Gasteiger partial charge in [0.2, 0.25) is 0 Å². The van der Waals surface area contributed by atoms with Crippen molar-refractivity contribution >= 4 is 0 Å². The van der Waals surface area contributed by atoms with Gasteiger partial charge in [-0.25, -0.2) is 0 Å². The van der Waals surface area contributed by atoms with Gasteiger partial charge in [-0.2, -0.15) is 5.26 Å². The standard InChI is InChI=1S/C6H10N2O/c7-3-1-6(9)2-4-8-5-6/h8-9H,1-2,4-5H2. The topological polar surface area (TPSA) is 56.0 Å². The van der Waals surface area contributed by atoms with E-state index in [0.29, 0.717) is 13.0 Å². The van der Waals surface area contributed by atoms with Crippen LogP contribution in [0.25, 0.3) is 0 Å². The van der Waals surface area contributed by atoms with Gasteiger partial charge in [-0.1, -0.05) is 0 Å². The monoisotopic (exact) mass is 126 g/mol. The van der Waals surface area contributed by atoms with E-state index in [2.05, 4.69) is 5.32 Å². The van der Waals surface area contributed by atoms with Crippen LogP contribution < -0.4 is 5.32 Å². The largest absolute Gasteiger partial charge is 0.387 e. The summed E-state index contributed by atoms with van der Waals surface area (Å²) >= 11 is 0. The van der Waals surface area contributed by atoms with Gasteiger partial charge in [0.15, 0.2) is 0 Å². The second-order valence-corrected chi connectivity index (χ2v) is 2.49. The van der Waals surface area contributed by atoms with Crippen molar-refractivity contribution in [3.05, 3.63) is 0 Å². The zero-order valence-corrected chi connectivity index (χ0v) is 5.22. The summed E-state index contributed by atoms with van der Waals surface area (Å²) in [6, 6.07) is 1.96. The first kappa shape index (κ1) is 6.53. The van der Waals surface area contributed by atoms with E-state index < -0.39 is 5.60 Å². The zero-order valence-electron chi connectivity index (χ0n) is 5.22. The molecule has 0 radical (unpaired) electrons. The molecular weight excluding hydrogens is 116 g/mol. The minimum absolute atomic E-state index is 0.250. The third-order valence-corrected chi connectivity index (χ3v) is 1.63. The minimum atomic E-state index is -0.727. The molecule has 1 fully saturated rings. The molecule has 50 valence electrons. The van der Waals surface area contributed by atoms with Crippen LogP contribution in [0.2, 0.25) is 0 Å². The summed E-state index contributed by atoms with van der Waals surface area (Å²) < 4.78 is 0. The molecule has 0 aromatic rings. The van der Waals surface area contributed by atoms with E-state index in [4.69, 9.17) is 5.26 Å². The maximum Gasteiger partial charge on any atom is 0.0912 e. The molecule has 0 aromatic heterocycles. The van der Waals surface area contributed by atoms with E-state index in [9.17, 15) is 5.11 Å². The molecule has 0 bridgehead atoms. The van der Waals surface area contributed by atoms with E-state index in [1.807, 2.05) is 6.07 Å². The smallest absolute Gasteiger partial charge is 0.0912 e. The highest BCUT2D eigenvalue weighted by Crippen LogP contribution is 2.16. The number of β-amino-alcohol motifs (C(OH)–C–C–N with tert-alkyl or cyclic N) is 1. The first-order chi connectivity index (χ1) is 4.27. The fourth-order valence-corrected chi connectivity index (χ4v) is 1.03. The molecule has 0 saturated carbocycles. The molecule has 2 N–H and O–H groups in total. The fraction of sp³-hybridized carbons (Fsp3) is 0.833. The molecule has 1 atom stereocenters. The average Bonchev–Trinajstić information content (AvgIpc) is 2.16. The van der Waals surface area contributed by atoms with Gasteiger partial charge in [0, 0.05) is 6.54 Å². The predicted molar refractivity (Wildman–Crippen MR) is 32.7 cm³/mol. The van der Waals surface area contributed by atoms with E-state index >= 15 is 0 Å². The number of rotatable bonds is 1. The highest BCUT2D eigenvalue weighted by atomic mass is 16.3. The number of hydrogen-bond acceptors (Lipinski definition) is 3. The van der Waals surface area contributed by atoms with Crippen molar-refractivity contribution in [3.63, 3.8) is 0 Å². The van der Waals surface area contributed by atoms with Crippen LogP contribution >= 0.6 is 0 Å². The van der Waals surface area contributed by atoms with Crippen molar-refractivity contribution in [3.8, 4) is 6.07 Å². The Morgan fingerprint density at radius 3 is 3.00 bits per heavy atom. The van der Waals surface area contributed by atoms with Crippen molar-refractivity contribution < 1.29 is 5.11 Å². The van der Waals surface area contributed by atoms with Crippen molar-refractivity contribution in [2.45, 2.75) is 18.4 Å². The van der Waals surface area contributed by atoms with Crippen LogP contribution in [0.4, 0.5) is 0 Å². The lowest BCUT2D eigenvalue weighted by Crippen LogP contribution is -2.30. The van der Waals surface area contributed by atoms with Gasteiger partial charge in [-0.05, 0) is 13.0 Å². The summed E-state index contributed by atoms with van der Waals surface area (Å²) in [6.07, 6.45) is 0.959. The highest BCUT2D eigenvalue weighted by Gasteiger charge is 2.30. The summed E-state index contributed by atoms with van der Waals surface area (Å²) in [5.41, 5.74) is -0.727. The van der Waals surface area contributed by atoms with Crippen LogP contribution in [0.5, 0.6) is 0 Å². The molecular formula is C6H10N2O. The van der Waals surface area contributed by atoms with E-state index in [-0.39, 0.29) is 6.42 Å². The normalized spacial score (nSPS) is 34.2. The first-order valence-electron chi connectivity index (χ1n) is 3.07. The van der Waals surface area contributed by atoms with Crippen LogP contribution in [-0.2, 0) is 0 Å². The molecule has 1 aliphatic rings. The van der Waals surface area contributed by atoms with Gasteiger partial charge >= 0.3 is 0 Å². The molecule has 0 aromatic carbocycles. The third-order valence-electron chi connectivity index (χ3n) is 1.63. The average molecular weight is 126 g/mol. The fourth-order valence-electron chi connectivity index (χ4n) is 1.03. The zero-order chi connectivity index (χ0) is 6.74. The quantitative estimate of drug-likeness (QED) is 0.503. The Labute approximate surface area is 54.3 Å². The van der Waals surface area contributed by atoms with Gasteiger partial charge < -0.3 is 10.4 Å². The second-order valence-electron chi connectivity index (χ2n) is 2.49. The Hall–Kier alpha value is -0.590. The van der Waals surface area contributed by atoms with Crippen LogP contribution in [0.15, 0.2) is 0 Å². The van der Waals surface area contributed by atoms with E-state index in [0.717, 1.165) is 6.54 Å². The number of nitriles is 1. The Balaban J connectivity index is 2.43. The molecule has 1 heterocycles. The lowest BCUT2D eigenvalue weighted by molar-refractivity contribution is 0.0665. The number of nitrogens with one attached hydrogen (secondary N) is 1. The number of aliphatic hydroxyl groups is 1. The number of nitrogens with zero attached hydrogens (tertiary/aromatic N) is 1. The Kier molecular flexibility index (Phi) is 1.70. The van der Waals surface area contributed by atoms with Gasteiger partial charge in [0.1, 0.15) is 0 Å². The SMILES string of the molecule is N#CCC1(O)CCNC1. The van der Waals surface area contributed by atoms with E-state index in [1.54, 1.807) is 0 Å². The highest BCUT2D eigenvalue weighted by molar-refractivity contribution is 4.94. The molecule has 3 heteroatoms. The summed E-state index contributed by atoms with van der Waals surface area (Å²) in [4.78, 5) is 0. The van der Waals surface area contributed by atoms with Gasteiger partial charge in [0.05, 0.1) is 18.1 Å².